The van der Waals surface area contributed by atoms with Gasteiger partial charge in [0.05, 0.1) is 24.5 Å². The molecule has 0 amide bonds. The summed E-state index contributed by atoms with van der Waals surface area (Å²) in [6.07, 6.45) is 13.4. The molecular formula is C26H31NO4. The van der Waals surface area contributed by atoms with Gasteiger partial charge in [-0.05, 0) is 61.5 Å². The predicted molar refractivity (Wildman–Crippen MR) is 118 cm³/mol. The molecule has 1 aromatic rings. The topological polar surface area (TPSA) is 64.6 Å². The van der Waals surface area contributed by atoms with E-state index in [1.807, 2.05) is 30.3 Å². The monoisotopic (exact) mass is 421 g/mol. The number of para-hydroxylation sites is 1. The van der Waals surface area contributed by atoms with E-state index in [-0.39, 0.29) is 36.4 Å². The molecule has 0 spiro atoms. The Morgan fingerprint density at radius 1 is 0.839 bits per heavy atom. The Kier molecular flexibility index (Phi) is 5.84. The highest BCUT2D eigenvalue weighted by atomic mass is 16.5. The van der Waals surface area contributed by atoms with E-state index in [1.165, 1.54) is 0 Å². The van der Waals surface area contributed by atoms with Crippen LogP contribution < -0.4 is 5.32 Å². The van der Waals surface area contributed by atoms with Gasteiger partial charge in [0.1, 0.15) is 6.61 Å². The van der Waals surface area contributed by atoms with Crippen molar-refractivity contribution in [1.82, 2.24) is 0 Å². The van der Waals surface area contributed by atoms with Crippen molar-refractivity contribution in [2.45, 2.75) is 38.1 Å². The molecule has 4 aliphatic carbocycles. The minimum absolute atomic E-state index is 0.00366. The fourth-order valence-corrected chi connectivity index (χ4v) is 5.77. The second kappa shape index (κ2) is 8.89. The van der Waals surface area contributed by atoms with Gasteiger partial charge in [-0.3, -0.25) is 9.59 Å². The zero-order chi connectivity index (χ0) is 21.2. The van der Waals surface area contributed by atoms with Crippen LogP contribution >= 0.6 is 0 Å². The summed E-state index contributed by atoms with van der Waals surface area (Å²) in [6.45, 7) is 0.606. The molecule has 31 heavy (non-hydrogen) atoms. The molecule has 2 saturated carbocycles. The second-order valence-electron chi connectivity index (χ2n) is 9.57. The van der Waals surface area contributed by atoms with Gasteiger partial charge in [-0.2, -0.15) is 0 Å². The smallest absolute Gasteiger partial charge is 0.309 e. The van der Waals surface area contributed by atoms with Crippen LogP contribution in [0.5, 0.6) is 0 Å². The lowest BCUT2D eigenvalue weighted by Gasteiger charge is -2.23. The molecule has 1 aromatic carbocycles. The van der Waals surface area contributed by atoms with E-state index in [1.54, 1.807) is 0 Å². The Balaban J connectivity index is 1.13. The summed E-state index contributed by atoms with van der Waals surface area (Å²) in [6, 6.07) is 9.78. The van der Waals surface area contributed by atoms with Crippen molar-refractivity contribution in [3.8, 4) is 0 Å². The highest BCUT2D eigenvalue weighted by Crippen LogP contribution is 2.44. The van der Waals surface area contributed by atoms with Crippen LogP contribution in [0.4, 0.5) is 5.69 Å². The van der Waals surface area contributed by atoms with Crippen LogP contribution in [0.2, 0.25) is 0 Å². The van der Waals surface area contributed by atoms with Crippen LogP contribution in [0.3, 0.4) is 0 Å². The third-order valence-corrected chi connectivity index (χ3v) is 7.45. The van der Waals surface area contributed by atoms with Gasteiger partial charge in [0.2, 0.25) is 0 Å². The van der Waals surface area contributed by atoms with E-state index in [0.29, 0.717) is 36.7 Å². The number of benzene rings is 1. The van der Waals surface area contributed by atoms with Crippen LogP contribution in [-0.4, -0.2) is 31.2 Å². The van der Waals surface area contributed by atoms with Crippen molar-refractivity contribution >= 4 is 17.6 Å². The molecule has 0 saturated heterocycles. The molecular weight excluding hydrogens is 390 g/mol. The number of fused-ring (bicyclic) bond motifs is 4. The molecule has 1 N–H and O–H groups in total. The van der Waals surface area contributed by atoms with E-state index in [9.17, 15) is 9.59 Å². The maximum absolute atomic E-state index is 12.6. The maximum Gasteiger partial charge on any atom is 0.309 e. The highest BCUT2D eigenvalue weighted by molar-refractivity contribution is 5.74. The number of anilines is 1. The molecule has 5 nitrogen and oxygen atoms in total. The average Bonchev–Trinajstić information content (AvgIpc) is 3.59. The maximum atomic E-state index is 12.6. The van der Waals surface area contributed by atoms with Gasteiger partial charge < -0.3 is 14.8 Å². The number of esters is 2. The summed E-state index contributed by atoms with van der Waals surface area (Å²) >= 11 is 0. The van der Waals surface area contributed by atoms with E-state index in [2.05, 4.69) is 29.6 Å². The van der Waals surface area contributed by atoms with Gasteiger partial charge in [0, 0.05) is 12.1 Å². The number of nitrogens with one attached hydrogen (secondary N) is 1. The van der Waals surface area contributed by atoms with Crippen molar-refractivity contribution < 1.29 is 19.1 Å². The molecule has 0 aliphatic heterocycles. The van der Waals surface area contributed by atoms with Crippen molar-refractivity contribution in [3.05, 3.63) is 54.6 Å². The summed E-state index contributed by atoms with van der Waals surface area (Å²) in [5.74, 6) is 1.62. The van der Waals surface area contributed by atoms with Crippen LogP contribution in [0, 0.1) is 35.5 Å². The number of carbonyl (C=O) groups excluding carboxylic acids is 2. The van der Waals surface area contributed by atoms with Crippen molar-refractivity contribution in [2.24, 2.45) is 35.5 Å². The number of hydrogen-bond acceptors (Lipinski definition) is 5. The highest BCUT2D eigenvalue weighted by Gasteiger charge is 2.41. The lowest BCUT2D eigenvalue weighted by Crippen LogP contribution is -2.32. The zero-order valence-electron chi connectivity index (χ0n) is 17.8. The first kappa shape index (κ1) is 20.3. The summed E-state index contributed by atoms with van der Waals surface area (Å²) in [4.78, 5) is 25.2. The van der Waals surface area contributed by atoms with Gasteiger partial charge in [-0.1, -0.05) is 42.5 Å². The Morgan fingerprint density at radius 3 is 2.00 bits per heavy atom. The summed E-state index contributed by atoms with van der Waals surface area (Å²) in [7, 11) is 0. The molecule has 5 heteroatoms. The number of carbonyl (C=O) groups is 2. The molecule has 5 rings (SSSR count). The molecule has 4 aliphatic rings. The fourth-order valence-electron chi connectivity index (χ4n) is 5.77. The molecule has 0 heterocycles. The first-order valence-corrected chi connectivity index (χ1v) is 11.7. The molecule has 7 atom stereocenters. The quantitative estimate of drug-likeness (QED) is 0.474. The van der Waals surface area contributed by atoms with Crippen molar-refractivity contribution in [3.63, 3.8) is 0 Å². The number of ether oxygens (including phenoxy) is 2. The van der Waals surface area contributed by atoms with E-state index in [4.69, 9.17) is 9.47 Å². The Labute approximate surface area is 183 Å². The third-order valence-electron chi connectivity index (χ3n) is 7.45. The summed E-state index contributed by atoms with van der Waals surface area (Å²) in [5.41, 5.74) is 0.968. The van der Waals surface area contributed by atoms with E-state index in [0.717, 1.165) is 31.4 Å². The van der Waals surface area contributed by atoms with Crippen LogP contribution in [0.1, 0.15) is 32.1 Å². The first-order chi connectivity index (χ1) is 15.2. The molecule has 4 bridgehead atoms. The molecule has 2 fully saturated rings. The second-order valence-corrected chi connectivity index (χ2v) is 9.57. The number of allylic oxidation sites excluding steroid dienone is 4. The van der Waals surface area contributed by atoms with Gasteiger partial charge >= 0.3 is 11.9 Å². The van der Waals surface area contributed by atoms with E-state index < -0.39 is 0 Å². The van der Waals surface area contributed by atoms with Crippen molar-refractivity contribution in [1.29, 1.82) is 0 Å². The first-order valence-electron chi connectivity index (χ1n) is 11.7. The van der Waals surface area contributed by atoms with Crippen molar-refractivity contribution in [2.75, 3.05) is 18.5 Å². The molecule has 164 valence electrons. The Bertz CT molecular complexity index is 863. The van der Waals surface area contributed by atoms with Gasteiger partial charge in [-0.15, -0.1) is 0 Å². The lowest BCUT2D eigenvalue weighted by atomic mass is 9.94. The van der Waals surface area contributed by atoms with Crippen LogP contribution in [0.15, 0.2) is 54.6 Å². The summed E-state index contributed by atoms with van der Waals surface area (Å²) < 4.78 is 11.4. The SMILES string of the molecule is O=C(OCCC(COC(=O)C1CC2C=CC1C2)Nc1ccccc1)C1CC2C=CC1C2. The minimum Gasteiger partial charge on any atom is -0.465 e. The molecule has 7 unspecified atom stereocenters. The van der Waals surface area contributed by atoms with E-state index >= 15 is 0 Å². The third kappa shape index (κ3) is 4.56. The van der Waals surface area contributed by atoms with Crippen LogP contribution in [0.25, 0.3) is 0 Å². The summed E-state index contributed by atoms with van der Waals surface area (Å²) in [5, 5.41) is 3.44. The number of rotatable bonds is 9. The van der Waals surface area contributed by atoms with Crippen LogP contribution in [-0.2, 0) is 19.1 Å². The standard InChI is InChI=1S/C26H31NO4/c28-25(23-14-17-6-8-19(23)12-17)30-11-10-22(27-21-4-2-1-3-5-21)16-31-26(29)24-15-18-7-9-20(24)13-18/h1-9,17-20,22-24,27H,10-16H2. The Morgan fingerprint density at radius 2 is 1.45 bits per heavy atom. The largest absolute Gasteiger partial charge is 0.465 e. The minimum atomic E-state index is -0.104. The zero-order valence-corrected chi connectivity index (χ0v) is 17.8. The van der Waals surface area contributed by atoms with Gasteiger partial charge in [-0.25, -0.2) is 0 Å². The molecule has 0 radical (unpaired) electrons. The lowest BCUT2D eigenvalue weighted by molar-refractivity contribution is -0.152. The molecule has 0 aromatic heterocycles. The van der Waals surface area contributed by atoms with Gasteiger partial charge in [0.15, 0.2) is 0 Å². The average molecular weight is 422 g/mol. The predicted octanol–water partition coefficient (Wildman–Crippen LogP) is 4.37. The number of hydrogen-bond donors (Lipinski definition) is 1. The normalized spacial score (nSPS) is 32.9. The Hall–Kier alpha value is -2.56. The van der Waals surface area contributed by atoms with Gasteiger partial charge in [0.25, 0.3) is 0 Å². The fraction of sp³-hybridized carbons (Fsp3) is 0.538.